The van der Waals surface area contributed by atoms with E-state index in [1.807, 2.05) is 30.3 Å². The van der Waals surface area contributed by atoms with Crippen LogP contribution in [0.5, 0.6) is 0 Å². The van der Waals surface area contributed by atoms with Crippen LogP contribution in [0, 0.1) is 0 Å². The zero-order valence-corrected chi connectivity index (χ0v) is 11.3. The molecular formula is C13H19N5O2. The molecule has 0 spiro atoms. The van der Waals surface area contributed by atoms with Crippen LogP contribution in [-0.2, 0) is 17.8 Å². The van der Waals surface area contributed by atoms with E-state index in [2.05, 4.69) is 15.9 Å². The van der Waals surface area contributed by atoms with Gasteiger partial charge in [-0.2, -0.15) is 4.98 Å². The van der Waals surface area contributed by atoms with Crippen molar-refractivity contribution in [1.82, 2.24) is 10.1 Å². The number of rotatable bonds is 4. The zero-order chi connectivity index (χ0) is 15.0. The van der Waals surface area contributed by atoms with E-state index in [9.17, 15) is 4.79 Å². The Balaban J connectivity index is 0.000000444. The fourth-order valence-corrected chi connectivity index (χ4v) is 1.46. The van der Waals surface area contributed by atoms with E-state index < -0.39 is 0 Å². The fraction of sp³-hybridized carbons (Fsp3) is 0.308. The van der Waals surface area contributed by atoms with Crippen molar-refractivity contribution < 1.29 is 9.32 Å². The maximum atomic E-state index is 9.22. The Labute approximate surface area is 117 Å². The van der Waals surface area contributed by atoms with Gasteiger partial charge in [-0.1, -0.05) is 35.5 Å². The maximum absolute atomic E-state index is 9.22. The average Bonchev–Trinajstić information content (AvgIpc) is 2.88. The van der Waals surface area contributed by atoms with Crippen molar-refractivity contribution >= 4 is 5.91 Å². The van der Waals surface area contributed by atoms with E-state index in [-0.39, 0.29) is 18.5 Å². The number of benzene rings is 1. The Hall–Kier alpha value is -2.25. The second-order valence-electron chi connectivity index (χ2n) is 4.16. The van der Waals surface area contributed by atoms with Crippen molar-refractivity contribution in [2.24, 2.45) is 17.2 Å². The zero-order valence-electron chi connectivity index (χ0n) is 11.3. The van der Waals surface area contributed by atoms with Gasteiger partial charge in [-0.15, -0.1) is 0 Å². The van der Waals surface area contributed by atoms with Crippen LogP contribution < -0.4 is 17.2 Å². The molecule has 0 saturated carbocycles. The third-order valence-corrected chi connectivity index (χ3v) is 2.29. The number of amides is 1. The minimum atomic E-state index is -0.333. The van der Waals surface area contributed by atoms with Crippen molar-refractivity contribution in [3.63, 3.8) is 0 Å². The van der Waals surface area contributed by atoms with E-state index in [4.69, 9.17) is 16.0 Å². The summed E-state index contributed by atoms with van der Waals surface area (Å²) >= 11 is 0. The lowest BCUT2D eigenvalue weighted by Gasteiger charge is -2.06. The van der Waals surface area contributed by atoms with Gasteiger partial charge in [-0.05, 0) is 12.0 Å². The number of primary amides is 1. The van der Waals surface area contributed by atoms with Gasteiger partial charge in [0.1, 0.15) is 0 Å². The lowest BCUT2D eigenvalue weighted by molar-refractivity contribution is -0.115. The molecule has 0 aliphatic carbocycles. The Morgan fingerprint density at radius 2 is 1.95 bits per heavy atom. The first-order valence-corrected chi connectivity index (χ1v) is 6.11. The second kappa shape index (κ2) is 8.03. The normalized spacial score (nSPS) is 11.3. The van der Waals surface area contributed by atoms with Crippen molar-refractivity contribution in [1.29, 1.82) is 0 Å². The molecule has 20 heavy (non-hydrogen) atoms. The SMILES string of the molecule is CC(N)=O.NCc1nc(C(N)Cc2ccccc2)no1. The third-order valence-electron chi connectivity index (χ3n) is 2.29. The number of nitrogens with zero attached hydrogens (tertiary/aromatic N) is 2. The Morgan fingerprint density at radius 1 is 1.35 bits per heavy atom. The number of nitrogens with two attached hydrogens (primary N) is 3. The summed E-state index contributed by atoms with van der Waals surface area (Å²) in [6.45, 7) is 1.55. The first-order valence-electron chi connectivity index (χ1n) is 6.11. The Kier molecular flexibility index (Phi) is 6.34. The molecule has 7 heteroatoms. The van der Waals surface area contributed by atoms with Crippen molar-refractivity contribution in [2.45, 2.75) is 25.9 Å². The minimum absolute atomic E-state index is 0.241. The smallest absolute Gasteiger partial charge is 0.240 e. The molecule has 1 aromatic carbocycles. The number of hydrogen-bond acceptors (Lipinski definition) is 6. The fourth-order valence-electron chi connectivity index (χ4n) is 1.46. The summed E-state index contributed by atoms with van der Waals surface area (Å²) in [5.41, 5.74) is 17.0. The summed E-state index contributed by atoms with van der Waals surface area (Å²) in [6, 6.07) is 9.70. The van der Waals surface area contributed by atoms with Crippen molar-refractivity contribution in [3.05, 3.63) is 47.6 Å². The Bertz CT molecular complexity index is 523. The minimum Gasteiger partial charge on any atom is -0.370 e. The van der Waals surface area contributed by atoms with Crippen LogP contribution >= 0.6 is 0 Å². The molecule has 0 fully saturated rings. The van der Waals surface area contributed by atoms with E-state index >= 15 is 0 Å². The molecule has 1 atom stereocenters. The predicted molar refractivity (Wildman–Crippen MR) is 74.1 cm³/mol. The summed E-state index contributed by atoms with van der Waals surface area (Å²) in [4.78, 5) is 13.3. The number of carbonyl (C=O) groups excluding carboxylic acids is 1. The molecule has 0 saturated heterocycles. The van der Waals surface area contributed by atoms with Crippen LogP contribution in [0.2, 0.25) is 0 Å². The van der Waals surface area contributed by atoms with Crippen LogP contribution in [0.15, 0.2) is 34.9 Å². The summed E-state index contributed by atoms with van der Waals surface area (Å²) in [6.07, 6.45) is 0.685. The van der Waals surface area contributed by atoms with Crippen LogP contribution in [0.25, 0.3) is 0 Å². The second-order valence-corrected chi connectivity index (χ2v) is 4.16. The molecule has 0 bridgehead atoms. The summed E-state index contributed by atoms with van der Waals surface area (Å²) < 4.78 is 4.91. The molecule has 6 N–H and O–H groups in total. The predicted octanol–water partition coefficient (Wildman–Crippen LogP) is 0.262. The molecule has 108 valence electrons. The van der Waals surface area contributed by atoms with Gasteiger partial charge in [-0.3, -0.25) is 4.79 Å². The van der Waals surface area contributed by atoms with E-state index in [0.29, 0.717) is 18.1 Å². The summed E-state index contributed by atoms with van der Waals surface area (Å²) in [7, 11) is 0. The molecule has 2 aromatic rings. The molecule has 2 rings (SSSR count). The maximum Gasteiger partial charge on any atom is 0.240 e. The first-order chi connectivity index (χ1) is 9.52. The highest BCUT2D eigenvalue weighted by atomic mass is 16.5. The molecular weight excluding hydrogens is 258 g/mol. The molecule has 0 radical (unpaired) electrons. The molecule has 1 unspecified atom stereocenters. The average molecular weight is 277 g/mol. The standard InChI is InChI=1S/C11H14N4O.C2H5NO/c12-7-10-14-11(15-16-10)9(13)6-8-4-2-1-3-5-8;1-2(3)4/h1-5,9H,6-7,12-13H2;1H3,(H2,3,4). The first kappa shape index (κ1) is 15.8. The van der Waals surface area contributed by atoms with Gasteiger partial charge in [0, 0.05) is 6.92 Å². The number of carbonyl (C=O) groups is 1. The molecule has 0 aliphatic heterocycles. The number of aromatic nitrogens is 2. The summed E-state index contributed by atoms with van der Waals surface area (Å²) in [5, 5.41) is 3.79. The Morgan fingerprint density at radius 3 is 2.45 bits per heavy atom. The highest BCUT2D eigenvalue weighted by Gasteiger charge is 2.13. The molecule has 1 heterocycles. The van der Waals surface area contributed by atoms with Gasteiger partial charge in [0.2, 0.25) is 11.8 Å². The van der Waals surface area contributed by atoms with Crippen molar-refractivity contribution in [2.75, 3.05) is 0 Å². The van der Waals surface area contributed by atoms with Gasteiger partial charge < -0.3 is 21.7 Å². The van der Waals surface area contributed by atoms with E-state index in [1.165, 1.54) is 6.92 Å². The van der Waals surface area contributed by atoms with Gasteiger partial charge in [0.25, 0.3) is 0 Å². The lowest BCUT2D eigenvalue weighted by atomic mass is 10.1. The van der Waals surface area contributed by atoms with E-state index in [0.717, 1.165) is 5.56 Å². The highest BCUT2D eigenvalue weighted by Crippen LogP contribution is 2.12. The molecule has 0 aliphatic rings. The van der Waals surface area contributed by atoms with Crippen LogP contribution in [0.4, 0.5) is 0 Å². The van der Waals surface area contributed by atoms with Gasteiger partial charge in [0.15, 0.2) is 5.82 Å². The largest absolute Gasteiger partial charge is 0.370 e. The molecule has 1 amide bonds. The molecule has 7 nitrogen and oxygen atoms in total. The monoisotopic (exact) mass is 277 g/mol. The van der Waals surface area contributed by atoms with Crippen LogP contribution in [0.3, 0.4) is 0 Å². The number of hydrogen-bond donors (Lipinski definition) is 3. The van der Waals surface area contributed by atoms with E-state index in [1.54, 1.807) is 0 Å². The van der Waals surface area contributed by atoms with Crippen molar-refractivity contribution in [3.8, 4) is 0 Å². The van der Waals surface area contributed by atoms with Gasteiger partial charge in [0.05, 0.1) is 12.6 Å². The lowest BCUT2D eigenvalue weighted by Crippen LogP contribution is -2.15. The highest BCUT2D eigenvalue weighted by molar-refractivity contribution is 5.70. The van der Waals surface area contributed by atoms with Gasteiger partial charge >= 0.3 is 0 Å². The quantitative estimate of drug-likeness (QED) is 0.734. The van der Waals surface area contributed by atoms with Crippen LogP contribution in [0.1, 0.15) is 30.2 Å². The van der Waals surface area contributed by atoms with Crippen LogP contribution in [-0.4, -0.2) is 16.0 Å². The molecule has 1 aromatic heterocycles. The third kappa shape index (κ3) is 5.59. The summed E-state index contributed by atoms with van der Waals surface area (Å²) in [5.74, 6) is 0.586. The van der Waals surface area contributed by atoms with Gasteiger partial charge in [-0.25, -0.2) is 0 Å². The topological polar surface area (TPSA) is 134 Å².